The van der Waals surface area contributed by atoms with Crippen LogP contribution < -0.4 is 4.90 Å². The predicted octanol–water partition coefficient (Wildman–Crippen LogP) is 5.13. The van der Waals surface area contributed by atoms with Crippen LogP contribution >= 0.6 is 34.5 Å². The molecule has 2 heterocycles. The average Bonchev–Trinajstić information content (AvgIpc) is 2.97. The smallest absolute Gasteiger partial charge is 0.266 e. The molecule has 23 heavy (non-hydrogen) atoms. The fraction of sp³-hybridized carbons (Fsp3) is 0.0625. The maximum atomic E-state index is 13.0. The van der Waals surface area contributed by atoms with Crippen molar-refractivity contribution in [2.24, 2.45) is 0 Å². The van der Waals surface area contributed by atoms with Crippen LogP contribution in [0.2, 0.25) is 10.2 Å². The average molecular weight is 364 g/mol. The maximum Gasteiger partial charge on any atom is 0.266 e. The van der Waals surface area contributed by atoms with Gasteiger partial charge in [0.2, 0.25) is 0 Å². The maximum absolute atomic E-state index is 13.0. The number of pyridine rings is 1. The van der Waals surface area contributed by atoms with Crippen LogP contribution in [0, 0.1) is 6.92 Å². The van der Waals surface area contributed by atoms with Gasteiger partial charge < -0.3 is 0 Å². The number of aromatic nitrogens is 2. The molecule has 0 aliphatic heterocycles. The number of thiazole rings is 1. The molecule has 0 spiro atoms. The van der Waals surface area contributed by atoms with E-state index < -0.39 is 0 Å². The molecule has 0 atom stereocenters. The third-order valence-corrected chi connectivity index (χ3v) is 4.69. The molecule has 1 aromatic carbocycles. The number of para-hydroxylation sites is 1. The van der Waals surface area contributed by atoms with Crippen LogP contribution in [0.15, 0.2) is 48.0 Å². The van der Waals surface area contributed by atoms with E-state index in [1.54, 1.807) is 4.90 Å². The van der Waals surface area contributed by atoms with Crippen LogP contribution in [0.25, 0.3) is 0 Å². The molecular weight excluding hydrogens is 353 g/mol. The van der Waals surface area contributed by atoms with Gasteiger partial charge in [-0.05, 0) is 25.1 Å². The van der Waals surface area contributed by atoms with E-state index >= 15 is 0 Å². The molecule has 0 unspecified atom stereocenters. The molecule has 7 heteroatoms. The second kappa shape index (κ2) is 6.66. The molecule has 0 radical (unpaired) electrons. The number of carbonyl (C=O) groups excluding carboxylic acids is 1. The molecule has 0 aliphatic carbocycles. The molecule has 0 fully saturated rings. The Morgan fingerprint density at radius 2 is 1.96 bits per heavy atom. The standard InChI is InChI=1S/C16H11Cl2N3OS/c1-10-9-23-16(20-10)21(12-5-3-2-4-6-12)15(22)11-7-13(17)14(18)19-8-11/h2-9H,1H3. The van der Waals surface area contributed by atoms with E-state index in [2.05, 4.69) is 9.97 Å². The summed E-state index contributed by atoms with van der Waals surface area (Å²) >= 11 is 13.2. The van der Waals surface area contributed by atoms with Gasteiger partial charge in [-0.1, -0.05) is 41.4 Å². The zero-order valence-electron chi connectivity index (χ0n) is 12.0. The number of halogens is 2. The Labute approximate surface area is 147 Å². The van der Waals surface area contributed by atoms with E-state index in [1.165, 1.54) is 23.6 Å². The Morgan fingerprint density at radius 1 is 1.22 bits per heavy atom. The minimum Gasteiger partial charge on any atom is -0.268 e. The molecule has 0 saturated carbocycles. The number of amides is 1. The second-order valence-corrected chi connectivity index (χ2v) is 6.35. The first kappa shape index (κ1) is 15.9. The Morgan fingerprint density at radius 3 is 2.57 bits per heavy atom. The zero-order valence-corrected chi connectivity index (χ0v) is 14.4. The van der Waals surface area contributed by atoms with Crippen LogP contribution in [0.1, 0.15) is 16.1 Å². The van der Waals surface area contributed by atoms with E-state index in [1.807, 2.05) is 42.6 Å². The largest absolute Gasteiger partial charge is 0.268 e. The summed E-state index contributed by atoms with van der Waals surface area (Å²) in [5, 5.41) is 2.89. The molecule has 4 nitrogen and oxygen atoms in total. The molecule has 116 valence electrons. The van der Waals surface area contributed by atoms with Gasteiger partial charge in [-0.15, -0.1) is 11.3 Å². The first-order valence-corrected chi connectivity index (χ1v) is 8.32. The summed E-state index contributed by atoms with van der Waals surface area (Å²) in [6.45, 7) is 1.88. The molecule has 0 aliphatic rings. The Bertz CT molecular complexity index is 852. The lowest BCUT2D eigenvalue weighted by Gasteiger charge is -2.20. The van der Waals surface area contributed by atoms with Crippen molar-refractivity contribution < 1.29 is 4.79 Å². The highest BCUT2D eigenvalue weighted by molar-refractivity contribution is 7.14. The van der Waals surface area contributed by atoms with E-state index in [0.29, 0.717) is 10.7 Å². The second-order valence-electron chi connectivity index (χ2n) is 4.74. The lowest BCUT2D eigenvalue weighted by molar-refractivity contribution is 0.0999. The molecule has 1 amide bonds. The summed E-state index contributed by atoms with van der Waals surface area (Å²) in [4.78, 5) is 22.9. The van der Waals surface area contributed by atoms with Crippen molar-refractivity contribution in [1.82, 2.24) is 9.97 Å². The van der Waals surface area contributed by atoms with Gasteiger partial charge in [-0.25, -0.2) is 9.97 Å². The highest BCUT2D eigenvalue weighted by Gasteiger charge is 2.23. The molecule has 0 N–H and O–H groups in total. The third kappa shape index (κ3) is 3.37. The zero-order chi connectivity index (χ0) is 16.4. The number of hydrogen-bond donors (Lipinski definition) is 0. The molecule has 0 bridgehead atoms. The van der Waals surface area contributed by atoms with Crippen molar-refractivity contribution in [3.63, 3.8) is 0 Å². The minimum atomic E-state index is -0.267. The summed E-state index contributed by atoms with van der Waals surface area (Å²) < 4.78 is 0. The molecule has 3 aromatic rings. The van der Waals surface area contributed by atoms with Crippen molar-refractivity contribution in [3.05, 3.63) is 69.4 Å². The van der Waals surface area contributed by atoms with E-state index in [-0.39, 0.29) is 16.1 Å². The van der Waals surface area contributed by atoms with Crippen LogP contribution in [0.5, 0.6) is 0 Å². The number of benzene rings is 1. The molecule has 0 saturated heterocycles. The Balaban J connectivity index is 2.07. The molecule has 3 rings (SSSR count). The summed E-state index contributed by atoms with van der Waals surface area (Å²) in [7, 11) is 0. The summed E-state index contributed by atoms with van der Waals surface area (Å²) in [6.07, 6.45) is 1.41. The van der Waals surface area contributed by atoms with Gasteiger partial charge in [0.25, 0.3) is 5.91 Å². The highest BCUT2D eigenvalue weighted by Crippen LogP contribution is 2.31. The number of rotatable bonds is 3. The summed E-state index contributed by atoms with van der Waals surface area (Å²) in [5.41, 5.74) is 1.92. The molecule has 2 aromatic heterocycles. The van der Waals surface area contributed by atoms with Crippen molar-refractivity contribution >= 4 is 51.3 Å². The first-order valence-electron chi connectivity index (χ1n) is 6.69. The third-order valence-electron chi connectivity index (χ3n) is 3.06. The lowest BCUT2D eigenvalue weighted by Crippen LogP contribution is -2.26. The van der Waals surface area contributed by atoms with Crippen molar-refractivity contribution in [1.29, 1.82) is 0 Å². The quantitative estimate of drug-likeness (QED) is 0.605. The Hall–Kier alpha value is -1.95. The fourth-order valence-corrected chi connectivity index (χ4v) is 3.09. The monoisotopic (exact) mass is 363 g/mol. The normalized spacial score (nSPS) is 10.6. The fourth-order valence-electron chi connectivity index (χ4n) is 2.00. The van der Waals surface area contributed by atoms with E-state index in [9.17, 15) is 4.79 Å². The Kier molecular flexibility index (Phi) is 4.61. The van der Waals surface area contributed by atoms with Crippen LogP contribution in [-0.4, -0.2) is 15.9 Å². The molecular formula is C16H11Cl2N3OS. The topological polar surface area (TPSA) is 46.1 Å². The van der Waals surface area contributed by atoms with Crippen LogP contribution in [0.4, 0.5) is 10.8 Å². The number of aryl methyl sites for hydroxylation is 1. The number of nitrogens with zero attached hydrogens (tertiary/aromatic N) is 3. The predicted molar refractivity (Wildman–Crippen MR) is 94.0 cm³/mol. The van der Waals surface area contributed by atoms with Gasteiger partial charge in [-0.3, -0.25) is 9.69 Å². The van der Waals surface area contributed by atoms with Crippen molar-refractivity contribution in [2.75, 3.05) is 4.90 Å². The number of anilines is 2. The minimum absolute atomic E-state index is 0.166. The lowest BCUT2D eigenvalue weighted by atomic mass is 10.2. The number of hydrogen-bond acceptors (Lipinski definition) is 4. The van der Waals surface area contributed by atoms with Crippen LogP contribution in [-0.2, 0) is 0 Å². The summed E-state index contributed by atoms with van der Waals surface area (Å²) in [5.74, 6) is -0.267. The van der Waals surface area contributed by atoms with E-state index in [0.717, 1.165) is 11.4 Å². The van der Waals surface area contributed by atoms with Gasteiger partial charge in [0.15, 0.2) is 5.13 Å². The van der Waals surface area contributed by atoms with Crippen molar-refractivity contribution in [2.45, 2.75) is 6.92 Å². The highest BCUT2D eigenvalue weighted by atomic mass is 35.5. The van der Waals surface area contributed by atoms with Crippen molar-refractivity contribution in [3.8, 4) is 0 Å². The van der Waals surface area contributed by atoms with Crippen LogP contribution in [0.3, 0.4) is 0 Å². The van der Waals surface area contributed by atoms with Gasteiger partial charge in [0.05, 0.1) is 22.0 Å². The van der Waals surface area contributed by atoms with Gasteiger partial charge >= 0.3 is 0 Å². The SMILES string of the molecule is Cc1csc(N(C(=O)c2cnc(Cl)c(Cl)c2)c2ccccc2)n1. The first-order chi connectivity index (χ1) is 11.1. The number of carbonyl (C=O) groups is 1. The van der Waals surface area contributed by atoms with Gasteiger partial charge in [0, 0.05) is 11.6 Å². The summed E-state index contributed by atoms with van der Waals surface area (Å²) in [6, 6.07) is 10.8. The van der Waals surface area contributed by atoms with Gasteiger partial charge in [0.1, 0.15) is 5.15 Å². The van der Waals surface area contributed by atoms with Gasteiger partial charge in [-0.2, -0.15) is 0 Å². The van der Waals surface area contributed by atoms with E-state index in [4.69, 9.17) is 23.2 Å².